The van der Waals surface area contributed by atoms with E-state index in [-0.39, 0.29) is 11.8 Å². The van der Waals surface area contributed by atoms with Crippen LogP contribution >= 0.6 is 0 Å². The van der Waals surface area contributed by atoms with E-state index in [1.165, 1.54) is 12.1 Å². The summed E-state index contributed by atoms with van der Waals surface area (Å²) in [6, 6.07) is 14.3. The van der Waals surface area contributed by atoms with Gasteiger partial charge in [-0.05, 0) is 62.3 Å². The number of halogens is 1. The van der Waals surface area contributed by atoms with Gasteiger partial charge in [-0.3, -0.25) is 4.90 Å². The van der Waals surface area contributed by atoms with Crippen molar-refractivity contribution in [3.63, 3.8) is 0 Å². The molecule has 0 aliphatic carbocycles. The number of hydrogen-bond donors (Lipinski definition) is 1. The molecule has 2 heterocycles. The average Bonchev–Trinajstić information content (AvgIpc) is 3.11. The number of amides is 2. The summed E-state index contributed by atoms with van der Waals surface area (Å²) in [5, 5.41) is 3.11. The van der Waals surface area contributed by atoms with Crippen LogP contribution in [0.25, 0.3) is 0 Å². The van der Waals surface area contributed by atoms with E-state index in [0.717, 1.165) is 36.6 Å². The topological polar surface area (TPSA) is 38.8 Å². The van der Waals surface area contributed by atoms with Crippen molar-refractivity contribution in [1.82, 2.24) is 10.2 Å². The quantitative estimate of drug-likeness (QED) is 0.902. The number of fused-ring (bicyclic) bond motifs is 1. The van der Waals surface area contributed by atoms with Gasteiger partial charge in [0.15, 0.2) is 0 Å². The first kappa shape index (κ1) is 17.8. The summed E-state index contributed by atoms with van der Waals surface area (Å²) in [5.41, 5.74) is 2.78. The normalized spacial score (nSPS) is 19.9. The first-order chi connectivity index (χ1) is 13.1. The van der Waals surface area contributed by atoms with E-state index in [9.17, 15) is 9.18 Å². The highest BCUT2D eigenvalue weighted by atomic mass is 19.1. The number of anilines is 3. The first-order valence-corrected chi connectivity index (χ1v) is 9.48. The summed E-state index contributed by atoms with van der Waals surface area (Å²) in [7, 11) is 2.12. The van der Waals surface area contributed by atoms with Gasteiger partial charge in [0.1, 0.15) is 5.82 Å². The molecule has 6 heteroatoms. The maximum Gasteiger partial charge on any atom is 0.322 e. The number of para-hydroxylation sites is 2. The molecule has 2 aliphatic heterocycles. The zero-order valence-electron chi connectivity index (χ0n) is 15.6. The Morgan fingerprint density at radius 3 is 2.52 bits per heavy atom. The molecule has 1 N–H and O–H groups in total. The third-order valence-corrected chi connectivity index (χ3v) is 5.42. The molecule has 5 nitrogen and oxygen atoms in total. The van der Waals surface area contributed by atoms with Crippen LogP contribution in [-0.2, 0) is 0 Å². The molecule has 0 unspecified atom stereocenters. The fourth-order valence-corrected chi connectivity index (χ4v) is 3.98. The first-order valence-electron chi connectivity index (χ1n) is 9.48. The molecular weight excluding hydrogens is 343 g/mol. The number of carbonyl (C=O) groups excluding carboxylic acids is 1. The van der Waals surface area contributed by atoms with Gasteiger partial charge in [0.2, 0.25) is 0 Å². The minimum absolute atomic E-state index is 0.0456. The van der Waals surface area contributed by atoms with Gasteiger partial charge in [-0.2, -0.15) is 0 Å². The molecule has 4 rings (SSSR count). The van der Waals surface area contributed by atoms with Gasteiger partial charge in [0.05, 0.1) is 11.4 Å². The second-order valence-corrected chi connectivity index (χ2v) is 7.37. The van der Waals surface area contributed by atoms with Crippen LogP contribution < -0.4 is 15.1 Å². The van der Waals surface area contributed by atoms with Crippen LogP contribution in [0.1, 0.15) is 6.42 Å². The Morgan fingerprint density at radius 2 is 1.81 bits per heavy atom. The predicted molar refractivity (Wildman–Crippen MR) is 106 cm³/mol. The molecular formula is C21H25FN4O. The van der Waals surface area contributed by atoms with Crippen molar-refractivity contribution in [3.8, 4) is 0 Å². The molecule has 1 saturated heterocycles. The highest BCUT2D eigenvalue weighted by Crippen LogP contribution is 2.37. The molecule has 0 saturated carbocycles. The summed E-state index contributed by atoms with van der Waals surface area (Å²) in [5.74, 6) is 0.275. The molecule has 2 aromatic rings. The number of nitrogens with zero attached hydrogens (tertiary/aromatic N) is 3. The number of hydrogen-bond acceptors (Lipinski definition) is 3. The molecule has 1 atom stereocenters. The van der Waals surface area contributed by atoms with Crippen LogP contribution in [0.3, 0.4) is 0 Å². The second-order valence-electron chi connectivity index (χ2n) is 7.37. The minimum atomic E-state index is -0.248. The highest BCUT2D eigenvalue weighted by molar-refractivity contribution is 5.97. The summed E-state index contributed by atoms with van der Waals surface area (Å²) in [6.45, 7) is 4.10. The zero-order chi connectivity index (χ0) is 18.8. The van der Waals surface area contributed by atoms with Gasteiger partial charge in [-0.1, -0.05) is 12.1 Å². The molecule has 27 heavy (non-hydrogen) atoms. The number of benzene rings is 2. The summed E-state index contributed by atoms with van der Waals surface area (Å²) >= 11 is 0. The lowest BCUT2D eigenvalue weighted by Gasteiger charge is -2.37. The van der Waals surface area contributed by atoms with E-state index >= 15 is 0 Å². The Labute approximate surface area is 159 Å². The van der Waals surface area contributed by atoms with Crippen LogP contribution in [0.15, 0.2) is 48.5 Å². The molecule has 0 spiro atoms. The largest absolute Gasteiger partial charge is 0.338 e. The van der Waals surface area contributed by atoms with Crippen LogP contribution in [0.2, 0.25) is 0 Å². The smallest absolute Gasteiger partial charge is 0.322 e. The fraction of sp³-hybridized carbons (Fsp3) is 0.381. The average molecular weight is 368 g/mol. The molecule has 142 valence electrons. The Balaban J connectivity index is 1.50. The van der Waals surface area contributed by atoms with Gasteiger partial charge < -0.3 is 15.1 Å². The van der Waals surface area contributed by atoms with E-state index in [4.69, 9.17) is 0 Å². The van der Waals surface area contributed by atoms with Crippen LogP contribution in [-0.4, -0.2) is 50.7 Å². The maximum absolute atomic E-state index is 13.3. The molecule has 0 aromatic heterocycles. The number of nitrogens with one attached hydrogen (secondary N) is 1. The Bertz CT molecular complexity index is 810. The molecule has 1 fully saturated rings. The van der Waals surface area contributed by atoms with Gasteiger partial charge in [-0.25, -0.2) is 9.18 Å². The summed E-state index contributed by atoms with van der Waals surface area (Å²) < 4.78 is 13.3. The van der Waals surface area contributed by atoms with E-state index in [1.54, 1.807) is 12.1 Å². The lowest BCUT2D eigenvalue weighted by molar-refractivity contribution is 0.244. The molecule has 2 aromatic carbocycles. The monoisotopic (exact) mass is 368 g/mol. The van der Waals surface area contributed by atoms with Crippen molar-refractivity contribution >= 4 is 23.1 Å². The third-order valence-electron chi connectivity index (χ3n) is 5.42. The highest BCUT2D eigenvalue weighted by Gasteiger charge is 2.28. The van der Waals surface area contributed by atoms with Crippen LogP contribution in [0.4, 0.5) is 26.2 Å². The standard InChI is InChI=1S/C21H25FN4O/c1-24-11-10-16(15-24)14-23-21(27)26-13-12-25(18-8-6-17(22)7-9-18)19-4-2-3-5-20(19)26/h2-9,16H,10-15H2,1H3,(H,23,27)/t16-/m0/s1. The van der Waals surface area contributed by atoms with Crippen molar-refractivity contribution in [3.05, 3.63) is 54.3 Å². The summed E-state index contributed by atoms with van der Waals surface area (Å²) in [6.07, 6.45) is 1.13. The number of rotatable bonds is 3. The second kappa shape index (κ2) is 7.56. The van der Waals surface area contributed by atoms with Crippen molar-refractivity contribution in [1.29, 1.82) is 0 Å². The molecule has 2 amide bonds. The van der Waals surface area contributed by atoms with E-state index < -0.39 is 0 Å². The summed E-state index contributed by atoms with van der Waals surface area (Å²) in [4.78, 5) is 19.1. The zero-order valence-corrected chi connectivity index (χ0v) is 15.6. The molecule has 0 bridgehead atoms. The van der Waals surface area contributed by atoms with Gasteiger partial charge in [0, 0.05) is 31.9 Å². The van der Waals surface area contributed by atoms with Gasteiger partial charge in [-0.15, -0.1) is 0 Å². The van der Waals surface area contributed by atoms with Crippen LogP contribution in [0.5, 0.6) is 0 Å². The van der Waals surface area contributed by atoms with E-state index in [1.807, 2.05) is 29.2 Å². The van der Waals surface area contributed by atoms with Gasteiger partial charge in [0.25, 0.3) is 0 Å². The lowest BCUT2D eigenvalue weighted by atomic mass is 10.1. The fourth-order valence-electron chi connectivity index (χ4n) is 3.98. The number of likely N-dealkylation sites (tertiary alicyclic amines) is 1. The Kier molecular flexibility index (Phi) is 4.99. The SMILES string of the molecule is CN1CC[C@@H](CNC(=O)N2CCN(c3ccc(F)cc3)c3ccccc32)C1. The van der Waals surface area contributed by atoms with E-state index in [0.29, 0.717) is 25.6 Å². The number of urea groups is 1. The third kappa shape index (κ3) is 3.76. The minimum Gasteiger partial charge on any atom is -0.338 e. The molecule has 2 aliphatic rings. The Morgan fingerprint density at radius 1 is 1.07 bits per heavy atom. The van der Waals surface area contributed by atoms with Crippen molar-refractivity contribution in [2.75, 3.05) is 49.6 Å². The van der Waals surface area contributed by atoms with E-state index in [2.05, 4.69) is 22.2 Å². The van der Waals surface area contributed by atoms with Gasteiger partial charge >= 0.3 is 6.03 Å². The maximum atomic E-state index is 13.3. The predicted octanol–water partition coefficient (Wildman–Crippen LogP) is 3.45. The van der Waals surface area contributed by atoms with Crippen molar-refractivity contribution < 1.29 is 9.18 Å². The molecule has 0 radical (unpaired) electrons. The van der Waals surface area contributed by atoms with Crippen LogP contribution in [0, 0.1) is 11.7 Å². The number of carbonyl (C=O) groups is 1. The lowest BCUT2D eigenvalue weighted by Crippen LogP contribution is -2.48. The van der Waals surface area contributed by atoms with Crippen molar-refractivity contribution in [2.45, 2.75) is 6.42 Å². The van der Waals surface area contributed by atoms with Crippen molar-refractivity contribution in [2.24, 2.45) is 5.92 Å². The Hall–Kier alpha value is -2.60.